The van der Waals surface area contributed by atoms with E-state index >= 15 is 0 Å². The Bertz CT molecular complexity index is 442. The Labute approximate surface area is 118 Å². The summed E-state index contributed by atoms with van der Waals surface area (Å²) in [7, 11) is 2.16. The maximum absolute atomic E-state index is 6.15. The summed E-state index contributed by atoms with van der Waals surface area (Å²) >= 11 is 11.1. The molecule has 0 aliphatic carbocycles. The number of hydrogen-bond donors (Lipinski definition) is 2. The zero-order valence-electron chi connectivity index (χ0n) is 10.4. The predicted molar refractivity (Wildman–Crippen MR) is 81.5 cm³/mol. The summed E-state index contributed by atoms with van der Waals surface area (Å²) in [5.74, 6) is 0. The highest BCUT2D eigenvalue weighted by Crippen LogP contribution is 2.23. The largest absolute Gasteiger partial charge is 0.389 e. The fraction of sp³-hybridized carbons (Fsp3) is 0.462. The second kappa shape index (κ2) is 5.87. The van der Waals surface area contributed by atoms with Gasteiger partial charge in [-0.25, -0.2) is 0 Å². The number of nitrogens with zero attached hydrogens (tertiary/aromatic N) is 1. The SMILES string of the molecule is CN1CCC(Nc2ccc(C(N)=S)c(Cl)c2)CC1. The van der Waals surface area contributed by atoms with Crippen LogP contribution in [0.15, 0.2) is 18.2 Å². The van der Waals surface area contributed by atoms with E-state index in [4.69, 9.17) is 29.6 Å². The van der Waals surface area contributed by atoms with Gasteiger partial charge in [-0.1, -0.05) is 23.8 Å². The van der Waals surface area contributed by atoms with Gasteiger partial charge in [0.05, 0.1) is 5.02 Å². The number of benzene rings is 1. The van der Waals surface area contributed by atoms with Crippen molar-refractivity contribution in [2.45, 2.75) is 18.9 Å². The fourth-order valence-corrected chi connectivity index (χ4v) is 2.71. The third-order valence-corrected chi connectivity index (χ3v) is 3.86. The molecule has 1 aliphatic rings. The van der Waals surface area contributed by atoms with Crippen LogP contribution < -0.4 is 11.1 Å². The Balaban J connectivity index is 2.02. The van der Waals surface area contributed by atoms with Crippen molar-refractivity contribution in [2.24, 2.45) is 5.73 Å². The Kier molecular flexibility index (Phi) is 4.43. The van der Waals surface area contributed by atoms with Gasteiger partial charge in [0.1, 0.15) is 4.99 Å². The number of nitrogens with one attached hydrogen (secondary N) is 1. The number of halogens is 1. The Hall–Kier alpha value is -0.840. The van der Waals surface area contributed by atoms with Gasteiger partial charge in [-0.3, -0.25) is 0 Å². The average molecular weight is 284 g/mol. The highest BCUT2D eigenvalue weighted by atomic mass is 35.5. The summed E-state index contributed by atoms with van der Waals surface area (Å²) in [6.07, 6.45) is 2.32. The quantitative estimate of drug-likeness (QED) is 0.837. The second-order valence-corrected chi connectivity index (χ2v) is 5.63. The highest BCUT2D eigenvalue weighted by molar-refractivity contribution is 7.80. The first-order valence-electron chi connectivity index (χ1n) is 6.10. The zero-order chi connectivity index (χ0) is 13.1. The molecule has 0 amide bonds. The smallest absolute Gasteiger partial charge is 0.105 e. The number of piperidine rings is 1. The van der Waals surface area contributed by atoms with Crippen molar-refractivity contribution in [2.75, 3.05) is 25.5 Å². The summed E-state index contributed by atoms with van der Waals surface area (Å²) in [4.78, 5) is 2.69. The average Bonchev–Trinajstić information content (AvgIpc) is 2.32. The van der Waals surface area contributed by atoms with Crippen molar-refractivity contribution in [3.63, 3.8) is 0 Å². The molecule has 1 aromatic carbocycles. The van der Waals surface area contributed by atoms with Crippen LogP contribution in [0.3, 0.4) is 0 Å². The Morgan fingerprint density at radius 2 is 2.11 bits per heavy atom. The maximum Gasteiger partial charge on any atom is 0.105 e. The van der Waals surface area contributed by atoms with Crippen LogP contribution in [0.4, 0.5) is 5.69 Å². The second-order valence-electron chi connectivity index (χ2n) is 4.78. The minimum absolute atomic E-state index is 0.339. The number of anilines is 1. The lowest BCUT2D eigenvalue weighted by atomic mass is 10.0. The van der Waals surface area contributed by atoms with Crippen molar-refractivity contribution >= 4 is 34.5 Å². The van der Waals surface area contributed by atoms with Crippen LogP contribution in [-0.2, 0) is 0 Å². The molecule has 2 rings (SSSR count). The van der Waals surface area contributed by atoms with Crippen LogP contribution in [0.5, 0.6) is 0 Å². The molecule has 0 radical (unpaired) electrons. The number of likely N-dealkylation sites (tertiary alicyclic amines) is 1. The summed E-state index contributed by atoms with van der Waals surface area (Å²) in [5.41, 5.74) is 7.36. The summed E-state index contributed by atoms with van der Waals surface area (Å²) in [6, 6.07) is 6.28. The normalized spacial score (nSPS) is 17.7. The summed E-state index contributed by atoms with van der Waals surface area (Å²) < 4.78 is 0. The van der Waals surface area contributed by atoms with Crippen LogP contribution in [0, 0.1) is 0 Å². The van der Waals surface area contributed by atoms with Crippen molar-refractivity contribution in [3.8, 4) is 0 Å². The van der Waals surface area contributed by atoms with E-state index in [-0.39, 0.29) is 0 Å². The standard InChI is InChI=1S/C13H18ClN3S/c1-17-6-4-9(5-7-17)16-10-2-3-11(13(15)18)12(14)8-10/h2-3,8-9,16H,4-7H2,1H3,(H2,15,18). The van der Waals surface area contributed by atoms with E-state index in [2.05, 4.69) is 17.3 Å². The first-order chi connectivity index (χ1) is 8.56. The van der Waals surface area contributed by atoms with Crippen LogP contribution in [-0.4, -0.2) is 36.1 Å². The molecule has 0 bridgehead atoms. The third kappa shape index (κ3) is 3.34. The first-order valence-corrected chi connectivity index (χ1v) is 6.89. The summed E-state index contributed by atoms with van der Waals surface area (Å²) in [6.45, 7) is 2.27. The topological polar surface area (TPSA) is 41.3 Å². The first kappa shape index (κ1) is 13.6. The monoisotopic (exact) mass is 283 g/mol. The zero-order valence-corrected chi connectivity index (χ0v) is 12.0. The molecule has 0 aromatic heterocycles. The molecule has 18 heavy (non-hydrogen) atoms. The molecule has 1 heterocycles. The van der Waals surface area contributed by atoms with Crippen LogP contribution in [0.1, 0.15) is 18.4 Å². The maximum atomic E-state index is 6.15. The van der Waals surface area contributed by atoms with E-state index in [1.165, 1.54) is 0 Å². The van der Waals surface area contributed by atoms with E-state index in [9.17, 15) is 0 Å². The molecule has 3 nitrogen and oxygen atoms in total. The number of nitrogens with two attached hydrogens (primary N) is 1. The lowest BCUT2D eigenvalue weighted by molar-refractivity contribution is 0.264. The van der Waals surface area contributed by atoms with Gasteiger partial charge < -0.3 is 16.0 Å². The van der Waals surface area contributed by atoms with Crippen molar-refractivity contribution in [1.29, 1.82) is 0 Å². The molecular formula is C13H18ClN3S. The summed E-state index contributed by atoms with van der Waals surface area (Å²) in [5, 5.41) is 4.12. The molecule has 1 saturated heterocycles. The lowest BCUT2D eigenvalue weighted by Crippen LogP contribution is -2.36. The minimum Gasteiger partial charge on any atom is -0.389 e. The van der Waals surface area contributed by atoms with E-state index in [1.54, 1.807) is 0 Å². The molecule has 1 fully saturated rings. The van der Waals surface area contributed by atoms with Crippen molar-refractivity contribution in [1.82, 2.24) is 4.90 Å². The van der Waals surface area contributed by atoms with Gasteiger partial charge in [0, 0.05) is 17.3 Å². The van der Waals surface area contributed by atoms with E-state index in [0.717, 1.165) is 37.2 Å². The van der Waals surface area contributed by atoms with Gasteiger partial charge >= 0.3 is 0 Å². The van der Waals surface area contributed by atoms with E-state index < -0.39 is 0 Å². The molecule has 0 saturated carbocycles. The van der Waals surface area contributed by atoms with Gasteiger partial charge in [0.2, 0.25) is 0 Å². The Morgan fingerprint density at radius 1 is 1.44 bits per heavy atom. The van der Waals surface area contributed by atoms with Crippen LogP contribution in [0.2, 0.25) is 5.02 Å². The minimum atomic E-state index is 0.339. The van der Waals surface area contributed by atoms with Gasteiger partial charge in [-0.05, 0) is 51.2 Å². The molecule has 0 unspecified atom stereocenters. The third-order valence-electron chi connectivity index (χ3n) is 3.32. The van der Waals surface area contributed by atoms with E-state index in [1.807, 2.05) is 18.2 Å². The predicted octanol–water partition coefficient (Wildman–Crippen LogP) is 2.48. The number of hydrogen-bond acceptors (Lipinski definition) is 3. The molecule has 0 atom stereocenters. The highest BCUT2D eigenvalue weighted by Gasteiger charge is 2.16. The lowest BCUT2D eigenvalue weighted by Gasteiger charge is -2.30. The number of rotatable bonds is 3. The molecular weight excluding hydrogens is 266 g/mol. The van der Waals surface area contributed by atoms with Gasteiger partial charge in [0.15, 0.2) is 0 Å². The molecule has 1 aromatic rings. The van der Waals surface area contributed by atoms with Crippen molar-refractivity contribution in [3.05, 3.63) is 28.8 Å². The molecule has 3 N–H and O–H groups in total. The van der Waals surface area contributed by atoms with E-state index in [0.29, 0.717) is 16.1 Å². The van der Waals surface area contributed by atoms with Crippen LogP contribution >= 0.6 is 23.8 Å². The fourth-order valence-electron chi connectivity index (χ4n) is 2.19. The number of thiocarbonyl (C=S) groups is 1. The molecule has 0 spiro atoms. The van der Waals surface area contributed by atoms with Crippen molar-refractivity contribution < 1.29 is 0 Å². The Morgan fingerprint density at radius 3 is 2.67 bits per heavy atom. The van der Waals surface area contributed by atoms with Crippen LogP contribution in [0.25, 0.3) is 0 Å². The van der Waals surface area contributed by atoms with Gasteiger partial charge in [-0.15, -0.1) is 0 Å². The van der Waals surface area contributed by atoms with Gasteiger partial charge in [0.25, 0.3) is 0 Å². The molecule has 5 heteroatoms. The van der Waals surface area contributed by atoms with Gasteiger partial charge in [-0.2, -0.15) is 0 Å². The molecule has 1 aliphatic heterocycles. The molecule has 98 valence electrons.